The average molecular weight is 583 g/mol. The van der Waals surface area contributed by atoms with Crippen LogP contribution in [-0.4, -0.2) is 112 Å². The lowest BCUT2D eigenvalue weighted by Crippen LogP contribution is -2.51. The smallest absolute Gasteiger partial charge is 0.387 e. The molecule has 0 spiro atoms. The van der Waals surface area contributed by atoms with E-state index < -0.39 is 6.61 Å². The molecule has 2 atom stereocenters. The Labute approximate surface area is 246 Å². The Balaban J connectivity index is 1.15. The first-order valence-corrected chi connectivity index (χ1v) is 15.2. The minimum atomic E-state index is -2.93. The van der Waals surface area contributed by atoms with Crippen molar-refractivity contribution in [1.29, 1.82) is 0 Å². The molecule has 4 aliphatic rings. The van der Waals surface area contributed by atoms with Crippen molar-refractivity contribution >= 4 is 11.6 Å². The van der Waals surface area contributed by atoms with Crippen LogP contribution in [0.15, 0.2) is 41.4 Å². The number of carbonyl (C=O) groups is 1. The Bertz CT molecular complexity index is 1270. The van der Waals surface area contributed by atoms with E-state index in [1.54, 1.807) is 12.1 Å². The molecule has 3 heterocycles. The molecule has 226 valence electrons. The van der Waals surface area contributed by atoms with Crippen LogP contribution < -0.4 is 9.47 Å². The Morgan fingerprint density at radius 1 is 0.952 bits per heavy atom. The van der Waals surface area contributed by atoms with Crippen LogP contribution in [-0.2, 0) is 4.74 Å². The van der Waals surface area contributed by atoms with Gasteiger partial charge in [-0.15, -0.1) is 0 Å². The SMILES string of the molecule is COc1cc2c(cc1OC(F)F)[C@H]1CCCC[C@H]1N=C2c1ccc(C(=O)N2CCN(CCN3CCOCC3)CC2)cc1. The molecular weight excluding hydrogens is 542 g/mol. The summed E-state index contributed by atoms with van der Waals surface area (Å²) in [5, 5.41) is 0. The van der Waals surface area contributed by atoms with E-state index in [-0.39, 0.29) is 29.4 Å². The maximum Gasteiger partial charge on any atom is 0.387 e. The van der Waals surface area contributed by atoms with Gasteiger partial charge in [-0.3, -0.25) is 19.6 Å². The van der Waals surface area contributed by atoms with Gasteiger partial charge in [0.1, 0.15) is 0 Å². The lowest BCUT2D eigenvalue weighted by Gasteiger charge is -2.36. The second-order valence-corrected chi connectivity index (χ2v) is 11.6. The summed E-state index contributed by atoms with van der Waals surface area (Å²) in [5.41, 5.74) is 4.22. The van der Waals surface area contributed by atoms with Crippen molar-refractivity contribution in [3.63, 3.8) is 0 Å². The van der Waals surface area contributed by atoms with Gasteiger partial charge in [-0.25, -0.2) is 0 Å². The second-order valence-electron chi connectivity index (χ2n) is 11.6. The second kappa shape index (κ2) is 13.1. The molecular formula is C32H40F2N4O4. The predicted octanol–water partition coefficient (Wildman–Crippen LogP) is 4.26. The molecule has 3 fully saturated rings. The quantitative estimate of drug-likeness (QED) is 0.464. The number of alkyl halides is 2. The largest absolute Gasteiger partial charge is 0.493 e. The number of hydrogen-bond donors (Lipinski definition) is 0. The summed E-state index contributed by atoms with van der Waals surface area (Å²) in [6.45, 7) is 5.94. The van der Waals surface area contributed by atoms with Crippen LogP contribution in [0.3, 0.4) is 0 Å². The number of benzene rings is 2. The van der Waals surface area contributed by atoms with Crippen LogP contribution in [0, 0.1) is 0 Å². The maximum absolute atomic E-state index is 13.4. The summed E-state index contributed by atoms with van der Waals surface area (Å²) in [5.74, 6) is 0.519. The van der Waals surface area contributed by atoms with E-state index in [1.165, 1.54) is 7.11 Å². The van der Waals surface area contributed by atoms with Gasteiger partial charge in [0.15, 0.2) is 11.5 Å². The molecule has 10 heteroatoms. The highest BCUT2D eigenvalue weighted by Gasteiger charge is 2.35. The Morgan fingerprint density at radius 2 is 1.64 bits per heavy atom. The lowest BCUT2D eigenvalue weighted by molar-refractivity contribution is -0.0512. The highest BCUT2D eigenvalue weighted by molar-refractivity contribution is 6.15. The van der Waals surface area contributed by atoms with Crippen molar-refractivity contribution in [2.45, 2.75) is 44.3 Å². The number of aliphatic imine (C=N–C) groups is 1. The zero-order valence-corrected chi connectivity index (χ0v) is 24.3. The molecule has 1 saturated carbocycles. The summed E-state index contributed by atoms with van der Waals surface area (Å²) >= 11 is 0. The van der Waals surface area contributed by atoms with Crippen LogP contribution >= 0.6 is 0 Å². The molecule has 0 bridgehead atoms. The van der Waals surface area contributed by atoms with Gasteiger partial charge in [0.05, 0.1) is 32.1 Å². The van der Waals surface area contributed by atoms with Gasteiger partial charge in [0, 0.05) is 75.0 Å². The molecule has 3 aliphatic heterocycles. The van der Waals surface area contributed by atoms with Crippen molar-refractivity contribution in [2.24, 2.45) is 4.99 Å². The predicted molar refractivity (Wildman–Crippen MR) is 156 cm³/mol. The van der Waals surface area contributed by atoms with Crippen molar-refractivity contribution < 1.29 is 27.8 Å². The van der Waals surface area contributed by atoms with Crippen molar-refractivity contribution in [2.75, 3.05) is 72.7 Å². The molecule has 8 nitrogen and oxygen atoms in total. The number of amides is 1. The van der Waals surface area contributed by atoms with Crippen molar-refractivity contribution in [3.8, 4) is 11.5 Å². The molecule has 1 aliphatic carbocycles. The van der Waals surface area contributed by atoms with E-state index in [2.05, 4.69) is 9.80 Å². The number of ether oxygens (including phenoxy) is 3. The van der Waals surface area contributed by atoms with E-state index >= 15 is 0 Å². The molecule has 2 aromatic rings. The van der Waals surface area contributed by atoms with E-state index in [0.29, 0.717) is 5.56 Å². The number of rotatable bonds is 8. The Morgan fingerprint density at radius 3 is 2.33 bits per heavy atom. The fourth-order valence-electron chi connectivity index (χ4n) is 6.76. The first-order valence-electron chi connectivity index (χ1n) is 15.2. The Hall–Kier alpha value is -3.08. The van der Waals surface area contributed by atoms with Gasteiger partial charge < -0.3 is 19.1 Å². The summed E-state index contributed by atoms with van der Waals surface area (Å²) < 4.78 is 42.0. The summed E-state index contributed by atoms with van der Waals surface area (Å²) in [6.07, 6.45) is 4.10. The van der Waals surface area contributed by atoms with Gasteiger partial charge in [-0.05, 0) is 42.7 Å². The molecule has 0 aromatic heterocycles. The van der Waals surface area contributed by atoms with Crippen molar-refractivity contribution in [1.82, 2.24) is 14.7 Å². The minimum Gasteiger partial charge on any atom is -0.493 e. The van der Waals surface area contributed by atoms with Crippen LogP contribution in [0.25, 0.3) is 0 Å². The monoisotopic (exact) mass is 582 g/mol. The van der Waals surface area contributed by atoms with E-state index in [1.807, 2.05) is 29.2 Å². The molecule has 1 amide bonds. The summed E-state index contributed by atoms with van der Waals surface area (Å²) in [7, 11) is 1.45. The average Bonchev–Trinajstić information content (AvgIpc) is 3.03. The van der Waals surface area contributed by atoms with E-state index in [4.69, 9.17) is 19.2 Å². The number of methoxy groups -OCH3 is 1. The number of halogens is 2. The lowest BCUT2D eigenvalue weighted by atomic mass is 9.75. The van der Waals surface area contributed by atoms with Crippen LogP contribution in [0.1, 0.15) is 58.6 Å². The van der Waals surface area contributed by atoms with Crippen LogP contribution in [0.2, 0.25) is 0 Å². The number of hydrogen-bond acceptors (Lipinski definition) is 7. The molecule has 6 rings (SSSR count). The first kappa shape index (κ1) is 29.0. The highest BCUT2D eigenvalue weighted by atomic mass is 19.3. The number of fused-ring (bicyclic) bond motifs is 3. The number of carbonyl (C=O) groups excluding carboxylic acids is 1. The third kappa shape index (κ3) is 6.31. The van der Waals surface area contributed by atoms with Gasteiger partial charge in [0.2, 0.25) is 0 Å². The minimum absolute atomic E-state index is 0.0446. The Kier molecular flexibility index (Phi) is 9.02. The van der Waals surface area contributed by atoms with Gasteiger partial charge in [-0.1, -0.05) is 25.0 Å². The zero-order valence-electron chi connectivity index (χ0n) is 24.3. The van der Waals surface area contributed by atoms with Crippen LogP contribution in [0.5, 0.6) is 11.5 Å². The van der Waals surface area contributed by atoms with Crippen molar-refractivity contribution in [3.05, 3.63) is 58.7 Å². The molecule has 2 aromatic carbocycles. The highest BCUT2D eigenvalue weighted by Crippen LogP contribution is 2.45. The zero-order chi connectivity index (χ0) is 29.1. The first-order chi connectivity index (χ1) is 20.5. The molecule has 0 unspecified atom stereocenters. The normalized spacial score (nSPS) is 23.2. The number of piperazine rings is 1. The third-order valence-electron chi connectivity index (χ3n) is 9.13. The van der Waals surface area contributed by atoms with E-state index in [9.17, 15) is 13.6 Å². The summed E-state index contributed by atoms with van der Waals surface area (Å²) in [4.78, 5) is 25.3. The van der Waals surface area contributed by atoms with E-state index in [0.717, 1.165) is 114 Å². The molecule has 42 heavy (non-hydrogen) atoms. The standard InChI is InChI=1S/C32H40F2N4O4/c1-40-28-21-26-25(20-29(28)42-32(33)34)24-4-2-3-5-27(24)35-30(26)22-6-8-23(9-7-22)31(39)38-14-12-36(13-15-38)10-11-37-16-18-41-19-17-37/h6-9,20-21,24,27,32H,2-5,10-19H2,1H3/t24-,27-/m1/s1. The third-order valence-corrected chi connectivity index (χ3v) is 9.13. The number of morpholine rings is 1. The number of nitrogens with zero attached hydrogens (tertiary/aromatic N) is 4. The molecule has 0 radical (unpaired) electrons. The fourth-order valence-corrected chi connectivity index (χ4v) is 6.76. The summed E-state index contributed by atoms with van der Waals surface area (Å²) in [6, 6.07) is 11.2. The van der Waals surface area contributed by atoms with Gasteiger partial charge in [-0.2, -0.15) is 8.78 Å². The van der Waals surface area contributed by atoms with Gasteiger partial charge >= 0.3 is 6.61 Å². The van der Waals surface area contributed by atoms with Crippen LogP contribution in [0.4, 0.5) is 8.78 Å². The molecule has 0 N–H and O–H groups in total. The van der Waals surface area contributed by atoms with Gasteiger partial charge in [0.25, 0.3) is 5.91 Å². The topological polar surface area (TPSA) is 66.8 Å². The molecule has 2 saturated heterocycles. The fraction of sp³-hybridized carbons (Fsp3) is 0.562. The maximum atomic E-state index is 13.4.